The summed E-state index contributed by atoms with van der Waals surface area (Å²) in [6.07, 6.45) is 0.924. The number of carboxylic acid groups (broad SMARTS) is 2. The van der Waals surface area contributed by atoms with E-state index in [0.717, 1.165) is 22.7 Å². The van der Waals surface area contributed by atoms with Gasteiger partial charge < -0.3 is 30.4 Å². The van der Waals surface area contributed by atoms with Crippen molar-refractivity contribution in [3.05, 3.63) is 82.6 Å². The number of carbonyl (C=O) groups excluding carboxylic acids is 4. The predicted octanol–water partition coefficient (Wildman–Crippen LogP) is 4.01. The van der Waals surface area contributed by atoms with E-state index < -0.39 is 11.9 Å². The molecule has 0 unspecified atom stereocenters. The summed E-state index contributed by atoms with van der Waals surface area (Å²) in [4.78, 5) is 48.4. The lowest BCUT2D eigenvalue weighted by molar-refractivity contribution is -0.255. The molecular weight excluding hydrogens is 524 g/mol. The van der Waals surface area contributed by atoms with Crippen LogP contribution in [0.2, 0.25) is 0 Å². The van der Waals surface area contributed by atoms with Gasteiger partial charge in [0.2, 0.25) is 11.8 Å². The molecule has 2 heterocycles. The van der Waals surface area contributed by atoms with Gasteiger partial charge in [-0.1, -0.05) is 60.7 Å². The van der Waals surface area contributed by atoms with Crippen molar-refractivity contribution < 1.29 is 29.4 Å². The van der Waals surface area contributed by atoms with Crippen LogP contribution in [0.15, 0.2) is 71.4 Å². The van der Waals surface area contributed by atoms with Crippen LogP contribution < -0.4 is 20.8 Å². The van der Waals surface area contributed by atoms with E-state index in [4.69, 9.17) is 0 Å². The van der Waals surface area contributed by atoms with Gasteiger partial charge in [0.15, 0.2) is 0 Å². The molecule has 0 saturated carbocycles. The maximum Gasteiger partial charge on any atom is 0.224 e. The van der Waals surface area contributed by atoms with Crippen molar-refractivity contribution in [2.75, 3.05) is 10.6 Å². The third-order valence-electron chi connectivity index (χ3n) is 5.72. The van der Waals surface area contributed by atoms with Crippen LogP contribution in [-0.2, 0) is 9.59 Å². The zero-order valence-corrected chi connectivity index (χ0v) is 21.7. The minimum atomic E-state index is -1.38. The van der Waals surface area contributed by atoms with Crippen LogP contribution in [0.25, 0.3) is 22.3 Å². The molecule has 2 aromatic heterocycles. The largest absolute Gasteiger partial charge is 0.545 e. The van der Waals surface area contributed by atoms with Gasteiger partial charge in [-0.2, -0.15) is 0 Å². The predicted molar refractivity (Wildman–Crippen MR) is 144 cm³/mol. The second-order valence-corrected chi connectivity index (χ2v) is 10.1. The van der Waals surface area contributed by atoms with E-state index in [-0.39, 0.29) is 45.8 Å². The number of benzene rings is 2. The number of carbonyl (C=O) groups is 4. The van der Waals surface area contributed by atoms with Gasteiger partial charge >= 0.3 is 0 Å². The van der Waals surface area contributed by atoms with Crippen molar-refractivity contribution in [1.29, 1.82) is 0 Å². The Morgan fingerprint density at radius 1 is 0.605 bits per heavy atom. The average Bonchev–Trinajstić information content (AvgIpc) is 3.52. The van der Waals surface area contributed by atoms with Crippen LogP contribution in [0.5, 0.6) is 0 Å². The molecule has 2 aromatic carbocycles. The highest BCUT2D eigenvalue weighted by molar-refractivity contribution is 7.15. The Hall–Kier alpha value is -4.28. The molecule has 2 N–H and O–H groups in total. The molecule has 8 nitrogen and oxygen atoms in total. The van der Waals surface area contributed by atoms with Gasteiger partial charge in [0, 0.05) is 45.9 Å². The third kappa shape index (κ3) is 6.34. The molecule has 0 aliphatic rings. The molecule has 0 atom stereocenters. The van der Waals surface area contributed by atoms with Crippen LogP contribution in [0, 0.1) is 0 Å². The molecule has 0 aliphatic carbocycles. The fraction of sp³-hybridized carbons (Fsp3) is 0.143. The number of thiophene rings is 2. The molecule has 2 amide bonds. The first-order valence-electron chi connectivity index (χ1n) is 11.7. The summed E-state index contributed by atoms with van der Waals surface area (Å²) in [6, 6.07) is 17.9. The molecule has 10 heteroatoms. The Labute approximate surface area is 226 Å². The van der Waals surface area contributed by atoms with Gasteiger partial charge in [-0.05, 0) is 24.0 Å². The highest BCUT2D eigenvalue weighted by atomic mass is 32.1. The molecule has 0 aliphatic heterocycles. The summed E-state index contributed by atoms with van der Waals surface area (Å²) in [6.45, 7) is 0. The van der Waals surface area contributed by atoms with E-state index in [2.05, 4.69) is 10.6 Å². The van der Waals surface area contributed by atoms with Gasteiger partial charge in [0.05, 0.1) is 11.9 Å². The Morgan fingerprint density at radius 2 is 0.974 bits per heavy atom. The Balaban J connectivity index is 1.30. The first kappa shape index (κ1) is 26.8. The summed E-state index contributed by atoms with van der Waals surface area (Å²) >= 11 is 2.22. The lowest BCUT2D eigenvalue weighted by Crippen LogP contribution is -2.24. The van der Waals surface area contributed by atoms with Gasteiger partial charge in [-0.25, -0.2) is 0 Å². The third-order valence-corrected chi connectivity index (χ3v) is 7.51. The van der Waals surface area contributed by atoms with Crippen LogP contribution in [0.1, 0.15) is 46.4 Å². The Bertz CT molecular complexity index is 1350. The molecule has 194 valence electrons. The van der Waals surface area contributed by atoms with E-state index in [9.17, 15) is 29.4 Å². The van der Waals surface area contributed by atoms with Gasteiger partial charge in [0.25, 0.3) is 0 Å². The second kappa shape index (κ2) is 12.3. The zero-order valence-electron chi connectivity index (χ0n) is 20.0. The maximum absolute atomic E-state index is 12.4. The quantitative estimate of drug-likeness (QED) is 0.273. The molecular formula is C28H22N2O6S2-2. The number of carboxylic acids is 2. The van der Waals surface area contributed by atoms with Crippen molar-refractivity contribution in [3.8, 4) is 22.3 Å². The van der Waals surface area contributed by atoms with Crippen molar-refractivity contribution in [2.24, 2.45) is 0 Å². The van der Waals surface area contributed by atoms with Crippen LogP contribution in [0.4, 0.5) is 10.0 Å². The number of nitrogens with one attached hydrogen (secondary N) is 2. The number of amides is 2. The molecule has 0 fully saturated rings. The highest BCUT2D eigenvalue weighted by Gasteiger charge is 2.18. The summed E-state index contributed by atoms with van der Waals surface area (Å²) < 4.78 is 0. The average molecular weight is 547 g/mol. The number of hydrogen-bond acceptors (Lipinski definition) is 8. The Morgan fingerprint density at radius 3 is 1.32 bits per heavy atom. The molecule has 0 radical (unpaired) electrons. The minimum Gasteiger partial charge on any atom is -0.545 e. The van der Waals surface area contributed by atoms with Crippen molar-refractivity contribution in [1.82, 2.24) is 0 Å². The maximum atomic E-state index is 12.4. The smallest absolute Gasteiger partial charge is 0.224 e. The van der Waals surface area contributed by atoms with Crippen molar-refractivity contribution in [3.63, 3.8) is 0 Å². The fourth-order valence-corrected chi connectivity index (χ4v) is 5.86. The summed E-state index contributed by atoms with van der Waals surface area (Å²) in [7, 11) is 0. The molecule has 4 rings (SSSR count). The lowest BCUT2D eigenvalue weighted by Gasteiger charge is -2.11. The van der Waals surface area contributed by atoms with Crippen molar-refractivity contribution in [2.45, 2.75) is 25.7 Å². The summed E-state index contributed by atoms with van der Waals surface area (Å²) in [5.74, 6) is -3.51. The van der Waals surface area contributed by atoms with Crippen LogP contribution >= 0.6 is 22.7 Å². The normalized spacial score (nSPS) is 10.6. The first-order valence-corrected chi connectivity index (χ1v) is 13.5. The van der Waals surface area contributed by atoms with Gasteiger partial charge in [-0.15, -0.1) is 22.7 Å². The van der Waals surface area contributed by atoms with E-state index in [1.165, 1.54) is 0 Å². The molecule has 38 heavy (non-hydrogen) atoms. The highest BCUT2D eigenvalue weighted by Crippen LogP contribution is 2.36. The number of aromatic carboxylic acids is 2. The Kier molecular flexibility index (Phi) is 8.67. The van der Waals surface area contributed by atoms with E-state index in [1.807, 2.05) is 12.1 Å². The van der Waals surface area contributed by atoms with Crippen LogP contribution in [0.3, 0.4) is 0 Å². The topological polar surface area (TPSA) is 138 Å². The van der Waals surface area contributed by atoms with E-state index in [1.54, 1.807) is 59.3 Å². The second-order valence-electron chi connectivity index (χ2n) is 8.32. The van der Waals surface area contributed by atoms with Crippen molar-refractivity contribution >= 4 is 56.4 Å². The molecule has 4 aromatic rings. The lowest BCUT2D eigenvalue weighted by atomic mass is 10.0. The fourth-order valence-electron chi connectivity index (χ4n) is 3.91. The van der Waals surface area contributed by atoms with Crippen LogP contribution in [-0.4, -0.2) is 23.8 Å². The summed E-state index contributed by atoms with van der Waals surface area (Å²) in [5.41, 5.74) is 2.23. The molecule has 0 spiro atoms. The van der Waals surface area contributed by atoms with Gasteiger partial charge in [0.1, 0.15) is 10.0 Å². The molecule has 0 saturated heterocycles. The number of hydrogen-bond donors (Lipinski definition) is 2. The summed E-state index contributed by atoms with van der Waals surface area (Å²) in [5, 5.41) is 32.5. The monoisotopic (exact) mass is 546 g/mol. The zero-order chi connectivity index (χ0) is 27.1. The number of anilines is 2. The standard InChI is InChI=1S/C28H24N2O6S2/c31-21(29-25-23(27(33)34)19(15-37-25)17-9-3-1-4-10-17)13-7-8-14-22(32)30-26-24(28(35)36)20(16-38-26)18-11-5-2-6-12-18/h1-6,9-12,15-16H,7-8,13-14H2,(H,29,31)(H,30,32)(H,33,34)(H,35,36)/p-2. The minimum absolute atomic E-state index is 0.0662. The number of unbranched alkanes of at least 4 members (excludes halogenated alkanes) is 1. The first-order chi connectivity index (χ1) is 18.3. The molecule has 0 bridgehead atoms. The van der Waals surface area contributed by atoms with Gasteiger partial charge in [-0.3, -0.25) is 9.59 Å². The van der Waals surface area contributed by atoms with E-state index >= 15 is 0 Å². The SMILES string of the molecule is O=C(CCCCC(=O)Nc1scc(-c2ccccc2)c1C(=O)[O-])Nc1scc(-c2ccccc2)c1C(=O)[O-]. The van der Waals surface area contributed by atoms with E-state index in [0.29, 0.717) is 35.1 Å². The number of rotatable bonds is 11.